The van der Waals surface area contributed by atoms with Crippen LogP contribution < -0.4 is 0 Å². The summed E-state index contributed by atoms with van der Waals surface area (Å²) in [5, 5.41) is 10.8. The van der Waals surface area contributed by atoms with Crippen LogP contribution in [0.1, 0.15) is 37.2 Å². The Bertz CT molecular complexity index is 498. The molecule has 1 rings (SSSR count). The number of hydrogen-bond donors (Lipinski definition) is 0. The molecule has 0 unspecified atom stereocenters. The van der Waals surface area contributed by atoms with E-state index in [9.17, 15) is 10.1 Å². The monoisotopic (exact) mass is 263 g/mol. The van der Waals surface area contributed by atoms with E-state index in [0.29, 0.717) is 11.1 Å². The number of ether oxygens (including phenoxy) is 2. The van der Waals surface area contributed by atoms with Crippen molar-refractivity contribution >= 4 is 5.69 Å². The molecular weight excluding hydrogens is 246 g/mol. The van der Waals surface area contributed by atoms with Gasteiger partial charge in [-0.05, 0) is 12.5 Å². The van der Waals surface area contributed by atoms with Crippen molar-refractivity contribution in [3.63, 3.8) is 0 Å². The zero-order valence-corrected chi connectivity index (χ0v) is 11.3. The highest BCUT2D eigenvalue weighted by atomic mass is 16.7. The third kappa shape index (κ3) is 4.05. The third-order valence-corrected chi connectivity index (χ3v) is 2.53. The molecule has 0 saturated carbocycles. The van der Waals surface area contributed by atoms with Crippen LogP contribution in [0.25, 0.3) is 0 Å². The molecule has 0 radical (unpaired) electrons. The smallest absolute Gasteiger partial charge is 0.269 e. The van der Waals surface area contributed by atoms with Crippen LogP contribution in [0.15, 0.2) is 18.2 Å². The van der Waals surface area contributed by atoms with E-state index in [1.54, 1.807) is 6.07 Å². The quantitative estimate of drug-likeness (QED) is 0.354. The minimum Gasteiger partial charge on any atom is -0.352 e. The van der Waals surface area contributed by atoms with E-state index >= 15 is 0 Å². The Kier molecular flexibility index (Phi) is 6.00. The number of hydrogen-bond acceptors (Lipinski definition) is 4. The van der Waals surface area contributed by atoms with Gasteiger partial charge in [0.15, 0.2) is 6.29 Å². The molecule has 0 amide bonds. The van der Waals surface area contributed by atoms with Gasteiger partial charge in [-0.3, -0.25) is 10.1 Å². The summed E-state index contributed by atoms with van der Waals surface area (Å²) in [4.78, 5) is 10.4. The summed E-state index contributed by atoms with van der Waals surface area (Å²) in [5.74, 6) is 6.01. The second-order valence-corrected chi connectivity index (χ2v) is 3.88. The number of unbranched alkanes of at least 4 members (excludes halogenated alkanes) is 1. The number of nitro benzene ring substituents is 1. The fourth-order valence-corrected chi connectivity index (χ4v) is 1.61. The number of rotatable bonds is 5. The molecule has 0 atom stereocenters. The maximum Gasteiger partial charge on any atom is 0.269 e. The predicted molar refractivity (Wildman–Crippen MR) is 71.6 cm³/mol. The second kappa shape index (κ2) is 7.52. The Labute approximate surface area is 112 Å². The summed E-state index contributed by atoms with van der Waals surface area (Å²) >= 11 is 0. The van der Waals surface area contributed by atoms with Crippen LogP contribution >= 0.6 is 0 Å². The number of benzene rings is 1. The highest BCUT2D eigenvalue weighted by Gasteiger charge is 2.17. The Hall–Kier alpha value is -1.90. The molecule has 5 nitrogen and oxygen atoms in total. The first-order valence-electron chi connectivity index (χ1n) is 5.96. The van der Waals surface area contributed by atoms with Gasteiger partial charge in [0, 0.05) is 43.9 Å². The maximum atomic E-state index is 10.8. The van der Waals surface area contributed by atoms with E-state index in [0.717, 1.165) is 12.8 Å². The Morgan fingerprint density at radius 2 is 2.05 bits per heavy atom. The highest BCUT2D eigenvalue weighted by molar-refractivity contribution is 5.48. The summed E-state index contributed by atoms with van der Waals surface area (Å²) in [5.41, 5.74) is 1.26. The molecule has 0 aliphatic rings. The Morgan fingerprint density at radius 1 is 1.37 bits per heavy atom. The van der Waals surface area contributed by atoms with E-state index in [4.69, 9.17) is 9.47 Å². The van der Waals surface area contributed by atoms with Crippen LogP contribution in [0.5, 0.6) is 0 Å². The van der Waals surface area contributed by atoms with Crippen LogP contribution in [-0.4, -0.2) is 19.1 Å². The third-order valence-electron chi connectivity index (χ3n) is 2.53. The molecule has 5 heteroatoms. The fourth-order valence-electron chi connectivity index (χ4n) is 1.61. The van der Waals surface area contributed by atoms with E-state index in [1.807, 2.05) is 6.92 Å². The largest absolute Gasteiger partial charge is 0.352 e. The van der Waals surface area contributed by atoms with Crippen LogP contribution in [-0.2, 0) is 9.47 Å². The van der Waals surface area contributed by atoms with Crippen molar-refractivity contribution in [3.05, 3.63) is 39.4 Å². The van der Waals surface area contributed by atoms with Gasteiger partial charge in [0.05, 0.1) is 4.92 Å². The van der Waals surface area contributed by atoms with Gasteiger partial charge < -0.3 is 9.47 Å². The van der Waals surface area contributed by atoms with Gasteiger partial charge in [-0.2, -0.15) is 0 Å². The van der Waals surface area contributed by atoms with E-state index < -0.39 is 11.2 Å². The first-order chi connectivity index (χ1) is 9.13. The van der Waals surface area contributed by atoms with Crippen LogP contribution in [0.2, 0.25) is 0 Å². The molecule has 1 aromatic carbocycles. The minimum absolute atomic E-state index is 0.00450. The summed E-state index contributed by atoms with van der Waals surface area (Å²) in [6.45, 7) is 2.04. The SMILES string of the molecule is CCCC#Cc1ccc([N+](=O)[O-])cc1C(OC)OC. The molecule has 0 N–H and O–H groups in total. The fraction of sp³-hybridized carbons (Fsp3) is 0.429. The molecule has 0 bridgehead atoms. The van der Waals surface area contributed by atoms with Crippen molar-refractivity contribution in [2.75, 3.05) is 14.2 Å². The summed E-state index contributed by atoms with van der Waals surface area (Å²) in [6, 6.07) is 4.50. The molecule has 0 aliphatic heterocycles. The lowest BCUT2D eigenvalue weighted by Gasteiger charge is -2.15. The van der Waals surface area contributed by atoms with Gasteiger partial charge >= 0.3 is 0 Å². The van der Waals surface area contributed by atoms with Crippen LogP contribution in [0.4, 0.5) is 5.69 Å². The lowest BCUT2D eigenvalue weighted by molar-refractivity contribution is -0.385. The number of nitrogens with zero attached hydrogens (tertiary/aromatic N) is 1. The van der Waals surface area contributed by atoms with Gasteiger partial charge in [0.1, 0.15) is 0 Å². The molecule has 0 saturated heterocycles. The Morgan fingerprint density at radius 3 is 2.58 bits per heavy atom. The molecule has 0 heterocycles. The number of non-ortho nitro benzene ring substituents is 1. The average molecular weight is 263 g/mol. The highest BCUT2D eigenvalue weighted by Crippen LogP contribution is 2.25. The van der Waals surface area contributed by atoms with E-state index in [1.165, 1.54) is 26.4 Å². The minimum atomic E-state index is -0.661. The van der Waals surface area contributed by atoms with Gasteiger partial charge in [-0.1, -0.05) is 18.8 Å². The number of methoxy groups -OCH3 is 2. The van der Waals surface area contributed by atoms with Crippen molar-refractivity contribution in [3.8, 4) is 11.8 Å². The maximum absolute atomic E-state index is 10.8. The molecule has 19 heavy (non-hydrogen) atoms. The van der Waals surface area contributed by atoms with Crippen molar-refractivity contribution in [1.29, 1.82) is 0 Å². The first kappa shape index (κ1) is 15.2. The molecular formula is C14H17NO4. The topological polar surface area (TPSA) is 61.6 Å². The van der Waals surface area contributed by atoms with Crippen LogP contribution in [0.3, 0.4) is 0 Å². The zero-order chi connectivity index (χ0) is 14.3. The predicted octanol–water partition coefficient (Wildman–Crippen LogP) is 3.04. The van der Waals surface area contributed by atoms with Crippen LogP contribution in [0, 0.1) is 22.0 Å². The van der Waals surface area contributed by atoms with E-state index in [2.05, 4.69) is 11.8 Å². The molecule has 0 spiro atoms. The van der Waals surface area contributed by atoms with Crippen molar-refractivity contribution in [1.82, 2.24) is 0 Å². The van der Waals surface area contributed by atoms with Crippen molar-refractivity contribution in [2.24, 2.45) is 0 Å². The van der Waals surface area contributed by atoms with Gasteiger partial charge in [-0.25, -0.2) is 0 Å². The van der Waals surface area contributed by atoms with Crippen molar-refractivity contribution in [2.45, 2.75) is 26.1 Å². The zero-order valence-electron chi connectivity index (χ0n) is 11.3. The van der Waals surface area contributed by atoms with Gasteiger partial charge in [-0.15, -0.1) is 0 Å². The Balaban J connectivity index is 3.22. The van der Waals surface area contributed by atoms with Gasteiger partial charge in [0.25, 0.3) is 5.69 Å². The van der Waals surface area contributed by atoms with Crippen molar-refractivity contribution < 1.29 is 14.4 Å². The normalized spacial score (nSPS) is 10.1. The first-order valence-corrected chi connectivity index (χ1v) is 5.96. The molecule has 0 aliphatic carbocycles. The summed E-state index contributed by atoms with van der Waals surface area (Å²) in [7, 11) is 2.96. The molecule has 0 aromatic heterocycles. The molecule has 0 fully saturated rings. The van der Waals surface area contributed by atoms with E-state index in [-0.39, 0.29) is 5.69 Å². The summed E-state index contributed by atoms with van der Waals surface area (Å²) < 4.78 is 10.3. The lowest BCUT2D eigenvalue weighted by atomic mass is 10.1. The molecule has 102 valence electrons. The summed E-state index contributed by atoms with van der Waals surface area (Å²) in [6.07, 6.45) is 1.08. The molecule has 1 aromatic rings. The van der Waals surface area contributed by atoms with Gasteiger partial charge in [0.2, 0.25) is 0 Å². The lowest BCUT2D eigenvalue weighted by Crippen LogP contribution is -2.06. The number of nitro groups is 1. The average Bonchev–Trinajstić information content (AvgIpc) is 2.41. The standard InChI is InChI=1S/C14H17NO4/c1-4-5-6-7-11-8-9-12(15(16)17)10-13(11)14(18-2)19-3/h8-10,14H,4-5H2,1-3H3. The second-order valence-electron chi connectivity index (χ2n) is 3.88.